The Morgan fingerprint density at radius 2 is 2.30 bits per heavy atom. The van der Waals surface area contributed by atoms with Gasteiger partial charge in [-0.3, -0.25) is 9.69 Å². The van der Waals surface area contributed by atoms with E-state index in [0.717, 1.165) is 32.5 Å². The number of morpholine rings is 1. The molecule has 0 aromatic rings. The molecule has 4 unspecified atom stereocenters. The van der Waals surface area contributed by atoms with Gasteiger partial charge in [0, 0.05) is 31.7 Å². The van der Waals surface area contributed by atoms with E-state index in [-0.39, 0.29) is 17.9 Å². The van der Waals surface area contributed by atoms with E-state index in [0.29, 0.717) is 18.6 Å². The van der Waals surface area contributed by atoms with Crippen molar-refractivity contribution in [3.05, 3.63) is 0 Å². The Morgan fingerprint density at radius 1 is 1.40 bits per heavy atom. The van der Waals surface area contributed by atoms with Crippen LogP contribution in [0.1, 0.15) is 32.6 Å². The molecule has 2 N–H and O–H groups in total. The number of piperidine rings is 1. The Balaban J connectivity index is 1.39. The van der Waals surface area contributed by atoms with Crippen LogP contribution in [0, 0.1) is 5.92 Å². The first-order valence-corrected chi connectivity index (χ1v) is 8.09. The third-order valence-corrected chi connectivity index (χ3v) is 5.00. The molecular weight excluding hydrogens is 254 g/mol. The van der Waals surface area contributed by atoms with Gasteiger partial charge in [-0.2, -0.15) is 0 Å². The first-order chi connectivity index (χ1) is 9.72. The van der Waals surface area contributed by atoms with Crippen molar-refractivity contribution in [1.29, 1.82) is 0 Å². The van der Waals surface area contributed by atoms with Gasteiger partial charge in [0.05, 0.1) is 18.6 Å². The molecule has 3 aliphatic rings. The van der Waals surface area contributed by atoms with Crippen molar-refractivity contribution in [3.8, 4) is 0 Å². The summed E-state index contributed by atoms with van der Waals surface area (Å²) in [7, 11) is 0. The molecule has 3 rings (SSSR count). The highest BCUT2D eigenvalue weighted by Crippen LogP contribution is 2.22. The molecule has 0 aliphatic carbocycles. The number of amides is 1. The molecule has 3 fully saturated rings. The molecule has 3 saturated heterocycles. The van der Waals surface area contributed by atoms with Crippen LogP contribution >= 0.6 is 0 Å². The van der Waals surface area contributed by atoms with Gasteiger partial charge >= 0.3 is 0 Å². The largest absolute Gasteiger partial charge is 0.373 e. The standard InChI is InChI=1S/C15H27N3O2/c1-11-4-5-12(7-16-11)15(19)17-8-14-9-18-6-2-3-13(18)10-20-14/h11-14,16H,2-10H2,1H3,(H,17,19). The molecule has 0 aromatic carbocycles. The summed E-state index contributed by atoms with van der Waals surface area (Å²) in [4.78, 5) is 14.7. The lowest BCUT2D eigenvalue weighted by Crippen LogP contribution is -2.51. The van der Waals surface area contributed by atoms with E-state index in [9.17, 15) is 4.79 Å². The third kappa shape index (κ3) is 3.32. The van der Waals surface area contributed by atoms with Crippen molar-refractivity contribution >= 4 is 5.91 Å². The number of carbonyl (C=O) groups excluding carboxylic acids is 1. The molecule has 0 radical (unpaired) electrons. The molecule has 0 spiro atoms. The highest BCUT2D eigenvalue weighted by molar-refractivity contribution is 5.79. The SMILES string of the molecule is CC1CCC(C(=O)NCC2CN3CCCC3CO2)CN1. The predicted molar refractivity (Wildman–Crippen MR) is 77.5 cm³/mol. The van der Waals surface area contributed by atoms with E-state index in [2.05, 4.69) is 22.5 Å². The van der Waals surface area contributed by atoms with Gasteiger partial charge in [0.1, 0.15) is 0 Å². The average Bonchev–Trinajstić information content (AvgIpc) is 2.93. The minimum absolute atomic E-state index is 0.134. The van der Waals surface area contributed by atoms with Crippen LogP contribution in [-0.4, -0.2) is 61.8 Å². The molecule has 0 bridgehead atoms. The molecule has 0 aromatic heterocycles. The van der Waals surface area contributed by atoms with Crippen LogP contribution in [0.3, 0.4) is 0 Å². The van der Waals surface area contributed by atoms with E-state index in [1.54, 1.807) is 0 Å². The number of carbonyl (C=O) groups is 1. The molecule has 5 heteroatoms. The first-order valence-electron chi connectivity index (χ1n) is 8.09. The fourth-order valence-corrected chi connectivity index (χ4v) is 3.59. The van der Waals surface area contributed by atoms with Gasteiger partial charge < -0.3 is 15.4 Å². The van der Waals surface area contributed by atoms with E-state index in [4.69, 9.17) is 4.74 Å². The highest BCUT2D eigenvalue weighted by atomic mass is 16.5. The number of hydrogen-bond donors (Lipinski definition) is 2. The van der Waals surface area contributed by atoms with Crippen LogP contribution < -0.4 is 10.6 Å². The number of nitrogens with one attached hydrogen (secondary N) is 2. The topological polar surface area (TPSA) is 53.6 Å². The Morgan fingerprint density at radius 3 is 3.10 bits per heavy atom. The summed E-state index contributed by atoms with van der Waals surface area (Å²) in [6, 6.07) is 1.18. The quantitative estimate of drug-likeness (QED) is 0.784. The predicted octanol–water partition coefficient (Wildman–Crippen LogP) is 0.354. The van der Waals surface area contributed by atoms with Crippen LogP contribution in [-0.2, 0) is 9.53 Å². The van der Waals surface area contributed by atoms with Crippen molar-refractivity contribution in [3.63, 3.8) is 0 Å². The summed E-state index contributed by atoms with van der Waals surface area (Å²) in [5.74, 6) is 0.325. The maximum atomic E-state index is 12.2. The zero-order valence-electron chi connectivity index (χ0n) is 12.4. The Kier molecular flexibility index (Phi) is 4.58. The maximum Gasteiger partial charge on any atom is 0.224 e. The van der Waals surface area contributed by atoms with Gasteiger partial charge in [0.25, 0.3) is 0 Å². The third-order valence-electron chi connectivity index (χ3n) is 5.00. The number of hydrogen-bond acceptors (Lipinski definition) is 4. The monoisotopic (exact) mass is 281 g/mol. The maximum absolute atomic E-state index is 12.2. The van der Waals surface area contributed by atoms with Gasteiger partial charge in [-0.15, -0.1) is 0 Å². The normalized spacial score (nSPS) is 38.5. The Hall–Kier alpha value is -0.650. The fourth-order valence-electron chi connectivity index (χ4n) is 3.59. The van der Waals surface area contributed by atoms with Crippen molar-refractivity contribution < 1.29 is 9.53 Å². The highest BCUT2D eigenvalue weighted by Gasteiger charge is 2.32. The average molecular weight is 281 g/mol. The van der Waals surface area contributed by atoms with Crippen molar-refractivity contribution in [2.24, 2.45) is 5.92 Å². The molecule has 4 atom stereocenters. The molecule has 3 aliphatic heterocycles. The molecule has 114 valence electrons. The van der Waals surface area contributed by atoms with Gasteiger partial charge in [-0.25, -0.2) is 0 Å². The number of fused-ring (bicyclic) bond motifs is 1. The zero-order chi connectivity index (χ0) is 13.9. The summed E-state index contributed by atoms with van der Waals surface area (Å²) in [5, 5.41) is 6.47. The summed E-state index contributed by atoms with van der Waals surface area (Å²) in [6.45, 7) is 6.66. The molecule has 5 nitrogen and oxygen atoms in total. The first kappa shape index (κ1) is 14.3. The smallest absolute Gasteiger partial charge is 0.224 e. The van der Waals surface area contributed by atoms with E-state index < -0.39 is 0 Å². The number of rotatable bonds is 3. The summed E-state index contributed by atoms with van der Waals surface area (Å²) < 4.78 is 5.87. The molecular formula is C15H27N3O2. The summed E-state index contributed by atoms with van der Waals surface area (Å²) in [6.07, 6.45) is 4.82. The van der Waals surface area contributed by atoms with Crippen LogP contribution in [0.5, 0.6) is 0 Å². The Bertz CT molecular complexity index is 342. The van der Waals surface area contributed by atoms with Crippen molar-refractivity contribution in [1.82, 2.24) is 15.5 Å². The van der Waals surface area contributed by atoms with Crippen LogP contribution in [0.4, 0.5) is 0 Å². The summed E-state index contributed by atoms with van der Waals surface area (Å²) >= 11 is 0. The van der Waals surface area contributed by atoms with Crippen molar-refractivity contribution in [2.75, 3.05) is 32.8 Å². The van der Waals surface area contributed by atoms with Gasteiger partial charge in [0.2, 0.25) is 5.91 Å². The van der Waals surface area contributed by atoms with E-state index >= 15 is 0 Å². The summed E-state index contributed by atoms with van der Waals surface area (Å²) in [5.41, 5.74) is 0. The molecule has 20 heavy (non-hydrogen) atoms. The number of ether oxygens (including phenoxy) is 1. The van der Waals surface area contributed by atoms with E-state index in [1.807, 2.05) is 0 Å². The lowest BCUT2D eigenvalue weighted by Gasteiger charge is -2.35. The van der Waals surface area contributed by atoms with Crippen LogP contribution in [0.15, 0.2) is 0 Å². The molecule has 1 amide bonds. The second-order valence-electron chi connectivity index (χ2n) is 6.58. The Labute approximate surface area is 121 Å². The lowest BCUT2D eigenvalue weighted by molar-refractivity contribution is -0.127. The van der Waals surface area contributed by atoms with Crippen LogP contribution in [0.25, 0.3) is 0 Å². The van der Waals surface area contributed by atoms with Gasteiger partial charge in [-0.05, 0) is 39.2 Å². The second-order valence-corrected chi connectivity index (χ2v) is 6.58. The van der Waals surface area contributed by atoms with E-state index in [1.165, 1.54) is 19.4 Å². The zero-order valence-corrected chi connectivity index (χ0v) is 12.4. The van der Waals surface area contributed by atoms with Crippen molar-refractivity contribution in [2.45, 2.75) is 50.8 Å². The second kappa shape index (κ2) is 6.41. The minimum atomic E-state index is 0.134. The minimum Gasteiger partial charge on any atom is -0.373 e. The number of nitrogens with zero attached hydrogens (tertiary/aromatic N) is 1. The lowest BCUT2D eigenvalue weighted by atomic mass is 9.95. The molecule has 3 heterocycles. The van der Waals surface area contributed by atoms with Gasteiger partial charge in [0.15, 0.2) is 0 Å². The van der Waals surface area contributed by atoms with Gasteiger partial charge in [-0.1, -0.05) is 0 Å². The molecule has 0 saturated carbocycles. The fraction of sp³-hybridized carbons (Fsp3) is 0.933. The van der Waals surface area contributed by atoms with Crippen LogP contribution in [0.2, 0.25) is 0 Å².